The second-order valence-corrected chi connectivity index (χ2v) is 6.46. The molecule has 4 rings (SSSR count). The molecule has 0 unspecified atom stereocenters. The van der Waals surface area contributed by atoms with Crippen LogP contribution in [0.4, 0.5) is 5.69 Å². The number of fused-ring (bicyclic) bond motifs is 1. The third-order valence-corrected chi connectivity index (χ3v) is 4.89. The summed E-state index contributed by atoms with van der Waals surface area (Å²) in [5.74, 6) is 0. The quantitative estimate of drug-likeness (QED) is 0.641. The van der Waals surface area contributed by atoms with Crippen LogP contribution in [-0.2, 0) is 0 Å². The summed E-state index contributed by atoms with van der Waals surface area (Å²) in [5.41, 5.74) is 3.94. The van der Waals surface area contributed by atoms with Gasteiger partial charge in [-0.2, -0.15) is 4.57 Å². The maximum atomic E-state index is 2.50. The molecule has 1 aromatic heterocycles. The van der Waals surface area contributed by atoms with Crippen LogP contribution in [0.3, 0.4) is 0 Å². The summed E-state index contributed by atoms with van der Waals surface area (Å²) in [4.78, 5) is 2.50. The van der Waals surface area contributed by atoms with E-state index in [1.807, 2.05) is 0 Å². The Morgan fingerprint density at radius 2 is 1.54 bits per heavy atom. The van der Waals surface area contributed by atoms with E-state index in [4.69, 9.17) is 0 Å². The van der Waals surface area contributed by atoms with E-state index >= 15 is 0 Å². The van der Waals surface area contributed by atoms with Gasteiger partial charge in [-0.25, -0.2) is 0 Å². The molecular formula is C21H23ClN2. The highest BCUT2D eigenvalue weighted by Gasteiger charge is 2.16. The van der Waals surface area contributed by atoms with Crippen LogP contribution in [0.1, 0.15) is 24.8 Å². The van der Waals surface area contributed by atoms with Crippen molar-refractivity contribution in [1.29, 1.82) is 0 Å². The molecular weight excluding hydrogens is 316 g/mol. The number of aryl methyl sites for hydroxylation is 1. The van der Waals surface area contributed by atoms with Gasteiger partial charge in [0.2, 0.25) is 5.69 Å². The Bertz CT molecular complexity index is 821. The highest BCUT2D eigenvalue weighted by molar-refractivity contribution is 5.89. The van der Waals surface area contributed by atoms with Gasteiger partial charge < -0.3 is 17.3 Å². The average molecular weight is 339 g/mol. The molecule has 24 heavy (non-hydrogen) atoms. The number of pyridine rings is 1. The van der Waals surface area contributed by atoms with Crippen LogP contribution in [0.5, 0.6) is 0 Å². The normalized spacial score (nSPS) is 14.5. The maximum absolute atomic E-state index is 2.50. The average Bonchev–Trinajstić information content (AvgIpc) is 2.63. The molecule has 2 heterocycles. The van der Waals surface area contributed by atoms with Crippen molar-refractivity contribution in [3.63, 3.8) is 0 Å². The van der Waals surface area contributed by atoms with Gasteiger partial charge in [-0.15, -0.1) is 0 Å². The minimum Gasteiger partial charge on any atom is -1.00 e. The summed E-state index contributed by atoms with van der Waals surface area (Å²) >= 11 is 0. The summed E-state index contributed by atoms with van der Waals surface area (Å²) < 4.78 is 2.26. The fraction of sp³-hybridized carbons (Fsp3) is 0.286. The van der Waals surface area contributed by atoms with Gasteiger partial charge in [-0.05, 0) is 37.6 Å². The van der Waals surface area contributed by atoms with Crippen molar-refractivity contribution in [2.45, 2.75) is 26.2 Å². The summed E-state index contributed by atoms with van der Waals surface area (Å²) in [5, 5.41) is 2.60. The molecule has 2 nitrogen and oxygen atoms in total. The Labute approximate surface area is 150 Å². The van der Waals surface area contributed by atoms with Crippen molar-refractivity contribution in [3.05, 3.63) is 66.5 Å². The highest BCUT2D eigenvalue weighted by atomic mass is 35.5. The van der Waals surface area contributed by atoms with E-state index < -0.39 is 0 Å². The predicted molar refractivity (Wildman–Crippen MR) is 96.3 cm³/mol. The topological polar surface area (TPSA) is 7.12 Å². The lowest BCUT2D eigenvalue weighted by Gasteiger charge is -2.28. The number of halogens is 1. The molecule has 1 saturated heterocycles. The minimum atomic E-state index is 0. The second-order valence-electron chi connectivity index (χ2n) is 6.46. The van der Waals surface area contributed by atoms with E-state index in [1.54, 1.807) is 0 Å². The number of nitrogens with zero attached hydrogens (tertiary/aromatic N) is 2. The number of hydrogen-bond acceptors (Lipinski definition) is 1. The predicted octanol–water partition coefficient (Wildman–Crippen LogP) is 1.42. The first-order valence-corrected chi connectivity index (χ1v) is 8.58. The van der Waals surface area contributed by atoms with E-state index in [2.05, 4.69) is 77.3 Å². The van der Waals surface area contributed by atoms with Crippen molar-refractivity contribution in [3.8, 4) is 5.69 Å². The molecule has 2 aromatic carbocycles. The number of benzene rings is 2. The number of anilines is 1. The van der Waals surface area contributed by atoms with Crippen molar-refractivity contribution in [2.75, 3.05) is 18.0 Å². The van der Waals surface area contributed by atoms with Gasteiger partial charge in [-0.1, -0.05) is 30.3 Å². The molecule has 3 heteroatoms. The van der Waals surface area contributed by atoms with Gasteiger partial charge in [0.1, 0.15) is 0 Å². The van der Waals surface area contributed by atoms with Crippen molar-refractivity contribution < 1.29 is 17.0 Å². The molecule has 0 N–H and O–H groups in total. The van der Waals surface area contributed by atoms with Gasteiger partial charge in [0, 0.05) is 36.5 Å². The van der Waals surface area contributed by atoms with Gasteiger partial charge in [-0.3, -0.25) is 0 Å². The zero-order valence-corrected chi connectivity index (χ0v) is 14.8. The van der Waals surface area contributed by atoms with Crippen molar-refractivity contribution >= 4 is 16.5 Å². The molecule has 124 valence electrons. The van der Waals surface area contributed by atoms with Crippen LogP contribution in [0.15, 0.2) is 60.9 Å². The largest absolute Gasteiger partial charge is 1.00 e. The fourth-order valence-corrected chi connectivity index (χ4v) is 3.64. The molecule has 0 bridgehead atoms. The smallest absolute Gasteiger partial charge is 0.221 e. The number of rotatable bonds is 2. The van der Waals surface area contributed by atoms with Gasteiger partial charge in [0.05, 0.1) is 5.39 Å². The monoisotopic (exact) mass is 338 g/mol. The SMILES string of the molecule is Cc1ccc2ccccc2c1-[n+]1ccc(N2CCCCC2)cc1.[Cl-]. The lowest BCUT2D eigenvalue weighted by Crippen LogP contribution is -3.00. The third kappa shape index (κ3) is 3.11. The van der Waals surface area contributed by atoms with Crippen molar-refractivity contribution in [1.82, 2.24) is 0 Å². The molecule has 3 aromatic rings. The fourth-order valence-electron chi connectivity index (χ4n) is 3.64. The van der Waals surface area contributed by atoms with Gasteiger partial charge >= 0.3 is 0 Å². The highest BCUT2D eigenvalue weighted by Crippen LogP contribution is 2.23. The van der Waals surface area contributed by atoms with E-state index in [0.29, 0.717) is 0 Å². The van der Waals surface area contributed by atoms with Crippen LogP contribution in [-0.4, -0.2) is 13.1 Å². The van der Waals surface area contributed by atoms with E-state index in [1.165, 1.54) is 60.1 Å². The summed E-state index contributed by atoms with van der Waals surface area (Å²) in [7, 11) is 0. The zero-order valence-electron chi connectivity index (χ0n) is 14.1. The van der Waals surface area contributed by atoms with E-state index in [-0.39, 0.29) is 12.4 Å². The molecule has 0 saturated carbocycles. The number of aromatic nitrogens is 1. The molecule has 1 aliphatic rings. The molecule has 1 aliphatic heterocycles. The van der Waals surface area contributed by atoms with Gasteiger partial charge in [0.15, 0.2) is 12.4 Å². The lowest BCUT2D eigenvalue weighted by molar-refractivity contribution is -0.594. The molecule has 1 fully saturated rings. The Balaban J connectivity index is 0.00000169. The summed E-state index contributed by atoms with van der Waals surface area (Å²) in [6.45, 7) is 4.57. The third-order valence-electron chi connectivity index (χ3n) is 4.89. The Morgan fingerprint density at radius 3 is 2.29 bits per heavy atom. The van der Waals surface area contributed by atoms with E-state index in [9.17, 15) is 0 Å². The zero-order chi connectivity index (χ0) is 15.6. The second kappa shape index (κ2) is 7.23. The Morgan fingerprint density at radius 1 is 0.833 bits per heavy atom. The van der Waals surface area contributed by atoms with Crippen LogP contribution >= 0.6 is 0 Å². The number of piperidine rings is 1. The van der Waals surface area contributed by atoms with E-state index in [0.717, 1.165) is 0 Å². The Kier molecular flexibility index (Phi) is 5.06. The molecule has 0 radical (unpaired) electrons. The number of hydrogen-bond donors (Lipinski definition) is 0. The lowest BCUT2D eigenvalue weighted by atomic mass is 10.0. The van der Waals surface area contributed by atoms with Crippen LogP contribution in [0.25, 0.3) is 16.5 Å². The maximum Gasteiger partial charge on any atom is 0.221 e. The first-order chi connectivity index (χ1) is 11.3. The molecule has 0 amide bonds. The molecule has 0 aliphatic carbocycles. The molecule has 0 atom stereocenters. The summed E-state index contributed by atoms with van der Waals surface area (Å²) in [6, 6.07) is 17.5. The standard InChI is InChI=1S/C21H23N2.ClH/c1-17-9-10-18-7-3-4-8-20(18)21(17)23-15-11-19(12-16-23)22-13-5-2-6-14-22;/h3-4,7-12,15-16H,2,5-6,13-14H2,1H3;1H/q+1;/p-1. The summed E-state index contributed by atoms with van der Waals surface area (Å²) in [6.07, 6.45) is 8.42. The van der Waals surface area contributed by atoms with Crippen LogP contribution in [0.2, 0.25) is 0 Å². The van der Waals surface area contributed by atoms with Crippen LogP contribution < -0.4 is 21.9 Å². The van der Waals surface area contributed by atoms with Gasteiger partial charge in [0.25, 0.3) is 0 Å². The minimum absolute atomic E-state index is 0. The molecule has 0 spiro atoms. The first kappa shape index (κ1) is 16.8. The van der Waals surface area contributed by atoms with Crippen LogP contribution in [0, 0.1) is 6.92 Å². The first-order valence-electron chi connectivity index (χ1n) is 8.58. The van der Waals surface area contributed by atoms with Crippen molar-refractivity contribution in [2.24, 2.45) is 0 Å². The Hall–Kier alpha value is -2.06.